The minimum absolute atomic E-state index is 0.0290. The Labute approximate surface area is 143 Å². The summed E-state index contributed by atoms with van der Waals surface area (Å²) >= 11 is 0. The summed E-state index contributed by atoms with van der Waals surface area (Å²) in [6.07, 6.45) is 3.55. The predicted octanol–water partition coefficient (Wildman–Crippen LogP) is 2.35. The Morgan fingerprint density at radius 2 is 2.00 bits per heavy atom. The van der Waals surface area contributed by atoms with E-state index >= 15 is 0 Å². The van der Waals surface area contributed by atoms with Crippen LogP contribution >= 0.6 is 0 Å². The van der Waals surface area contributed by atoms with Crippen molar-refractivity contribution in [3.8, 4) is 5.75 Å². The number of carbonyl (C=O) groups is 2. The standard InChI is InChI=1S/C19H26N2O3/c1-14-4-3-11-21(13-14)18(23)19(9-10-19)17(22)20-12-15-5-7-16(24-2)8-6-15/h5-8,14H,3-4,9-13H2,1-2H3,(H,20,22). The normalized spacial score (nSPS) is 21.9. The first kappa shape index (κ1) is 16.8. The fourth-order valence-corrected chi connectivity index (χ4v) is 3.43. The molecule has 3 rings (SSSR count). The van der Waals surface area contributed by atoms with Gasteiger partial charge in [-0.1, -0.05) is 19.1 Å². The minimum atomic E-state index is -0.802. The lowest BCUT2D eigenvalue weighted by atomic mass is 9.96. The van der Waals surface area contributed by atoms with Gasteiger partial charge in [-0.05, 0) is 49.3 Å². The van der Waals surface area contributed by atoms with Crippen LogP contribution < -0.4 is 10.1 Å². The van der Waals surface area contributed by atoms with Gasteiger partial charge in [-0.2, -0.15) is 0 Å². The molecule has 5 nitrogen and oxygen atoms in total. The van der Waals surface area contributed by atoms with Crippen LogP contribution in [0.4, 0.5) is 0 Å². The molecule has 1 aromatic rings. The van der Waals surface area contributed by atoms with Crippen LogP contribution in [0.5, 0.6) is 5.75 Å². The van der Waals surface area contributed by atoms with Crippen molar-refractivity contribution in [3.63, 3.8) is 0 Å². The lowest BCUT2D eigenvalue weighted by molar-refractivity contribution is -0.145. The molecule has 1 aromatic carbocycles. The van der Waals surface area contributed by atoms with Gasteiger partial charge in [-0.3, -0.25) is 9.59 Å². The quantitative estimate of drug-likeness (QED) is 0.843. The second kappa shape index (κ2) is 6.83. The van der Waals surface area contributed by atoms with E-state index in [2.05, 4.69) is 12.2 Å². The smallest absolute Gasteiger partial charge is 0.238 e. The van der Waals surface area contributed by atoms with E-state index < -0.39 is 5.41 Å². The van der Waals surface area contributed by atoms with E-state index in [0.29, 0.717) is 25.3 Å². The summed E-state index contributed by atoms with van der Waals surface area (Å²) in [6, 6.07) is 7.59. The molecule has 1 saturated carbocycles. The van der Waals surface area contributed by atoms with Crippen LogP contribution in [-0.2, 0) is 16.1 Å². The number of benzene rings is 1. The van der Waals surface area contributed by atoms with E-state index in [9.17, 15) is 9.59 Å². The molecular formula is C19H26N2O3. The average molecular weight is 330 g/mol. The molecule has 1 N–H and O–H groups in total. The number of likely N-dealkylation sites (tertiary alicyclic amines) is 1. The van der Waals surface area contributed by atoms with Crippen molar-refractivity contribution in [1.82, 2.24) is 10.2 Å². The Morgan fingerprint density at radius 3 is 2.58 bits per heavy atom. The summed E-state index contributed by atoms with van der Waals surface area (Å²) in [5.41, 5.74) is 0.197. The molecule has 24 heavy (non-hydrogen) atoms. The van der Waals surface area contributed by atoms with Crippen molar-refractivity contribution in [2.45, 2.75) is 39.2 Å². The molecule has 1 heterocycles. The lowest BCUT2D eigenvalue weighted by Crippen LogP contribution is -2.48. The second-order valence-electron chi connectivity index (χ2n) is 7.11. The predicted molar refractivity (Wildman–Crippen MR) is 91.5 cm³/mol. The summed E-state index contributed by atoms with van der Waals surface area (Å²) in [4.78, 5) is 27.3. The lowest BCUT2D eigenvalue weighted by Gasteiger charge is -2.33. The van der Waals surface area contributed by atoms with Crippen LogP contribution in [-0.4, -0.2) is 36.9 Å². The Balaban J connectivity index is 1.58. The van der Waals surface area contributed by atoms with Gasteiger partial charge < -0.3 is 15.0 Å². The van der Waals surface area contributed by atoms with E-state index in [4.69, 9.17) is 4.74 Å². The molecular weight excluding hydrogens is 304 g/mol. The molecule has 0 radical (unpaired) electrons. The average Bonchev–Trinajstić information content (AvgIpc) is 3.41. The van der Waals surface area contributed by atoms with Gasteiger partial charge in [0.05, 0.1) is 7.11 Å². The van der Waals surface area contributed by atoms with Gasteiger partial charge in [0.25, 0.3) is 0 Å². The largest absolute Gasteiger partial charge is 0.497 e. The highest BCUT2D eigenvalue weighted by Crippen LogP contribution is 2.48. The summed E-state index contributed by atoms with van der Waals surface area (Å²) in [6.45, 7) is 4.18. The SMILES string of the molecule is COc1ccc(CNC(=O)C2(C(=O)N3CCCC(C)C3)CC2)cc1. The van der Waals surface area contributed by atoms with Crippen LogP contribution in [0.15, 0.2) is 24.3 Å². The molecule has 1 aliphatic carbocycles. The van der Waals surface area contributed by atoms with Gasteiger partial charge in [0.15, 0.2) is 0 Å². The second-order valence-corrected chi connectivity index (χ2v) is 7.11. The maximum absolute atomic E-state index is 12.8. The Kier molecular flexibility index (Phi) is 4.78. The first-order chi connectivity index (χ1) is 11.5. The van der Waals surface area contributed by atoms with Crippen molar-refractivity contribution in [2.24, 2.45) is 11.3 Å². The Hall–Kier alpha value is -2.04. The highest BCUT2D eigenvalue weighted by Gasteiger charge is 2.58. The van der Waals surface area contributed by atoms with Crippen LogP contribution in [0, 0.1) is 11.3 Å². The summed E-state index contributed by atoms with van der Waals surface area (Å²) in [5.74, 6) is 1.22. The molecule has 2 fully saturated rings. The van der Waals surface area contributed by atoms with Gasteiger partial charge in [-0.15, -0.1) is 0 Å². The van der Waals surface area contributed by atoms with Crippen LogP contribution in [0.2, 0.25) is 0 Å². The number of rotatable bonds is 5. The molecule has 0 bridgehead atoms. The van der Waals surface area contributed by atoms with Gasteiger partial charge >= 0.3 is 0 Å². The van der Waals surface area contributed by atoms with Crippen molar-refractivity contribution in [2.75, 3.05) is 20.2 Å². The number of methoxy groups -OCH3 is 1. The van der Waals surface area contributed by atoms with Crippen LogP contribution in [0.25, 0.3) is 0 Å². The highest BCUT2D eigenvalue weighted by molar-refractivity contribution is 6.07. The summed E-state index contributed by atoms with van der Waals surface area (Å²) < 4.78 is 5.13. The molecule has 0 aromatic heterocycles. The van der Waals surface area contributed by atoms with Crippen molar-refractivity contribution >= 4 is 11.8 Å². The van der Waals surface area contributed by atoms with E-state index in [0.717, 1.165) is 30.8 Å². The van der Waals surface area contributed by atoms with Crippen LogP contribution in [0.1, 0.15) is 38.2 Å². The van der Waals surface area contributed by atoms with E-state index in [1.54, 1.807) is 7.11 Å². The molecule has 130 valence electrons. The number of ether oxygens (including phenoxy) is 1. The van der Waals surface area contributed by atoms with Gasteiger partial charge in [0, 0.05) is 19.6 Å². The third kappa shape index (κ3) is 3.40. The first-order valence-electron chi connectivity index (χ1n) is 8.76. The fourth-order valence-electron chi connectivity index (χ4n) is 3.43. The maximum atomic E-state index is 12.8. The molecule has 1 aliphatic heterocycles. The van der Waals surface area contributed by atoms with Gasteiger partial charge in [0.1, 0.15) is 11.2 Å². The zero-order valence-electron chi connectivity index (χ0n) is 14.5. The number of carbonyl (C=O) groups excluding carboxylic acids is 2. The Morgan fingerprint density at radius 1 is 1.29 bits per heavy atom. The maximum Gasteiger partial charge on any atom is 0.238 e. The zero-order valence-corrected chi connectivity index (χ0v) is 14.5. The number of hydrogen-bond acceptors (Lipinski definition) is 3. The molecule has 5 heteroatoms. The number of piperidine rings is 1. The van der Waals surface area contributed by atoms with E-state index in [1.165, 1.54) is 6.42 Å². The van der Waals surface area contributed by atoms with Crippen molar-refractivity contribution < 1.29 is 14.3 Å². The zero-order chi connectivity index (χ0) is 17.2. The summed E-state index contributed by atoms with van der Waals surface area (Å²) in [5, 5.41) is 2.94. The summed E-state index contributed by atoms with van der Waals surface area (Å²) in [7, 11) is 1.63. The molecule has 2 aliphatic rings. The van der Waals surface area contributed by atoms with E-state index in [-0.39, 0.29) is 11.8 Å². The first-order valence-corrected chi connectivity index (χ1v) is 8.76. The third-order valence-corrected chi connectivity index (χ3v) is 5.15. The monoisotopic (exact) mass is 330 g/mol. The number of nitrogens with one attached hydrogen (secondary N) is 1. The molecule has 1 unspecified atom stereocenters. The topological polar surface area (TPSA) is 58.6 Å². The molecule has 2 amide bonds. The van der Waals surface area contributed by atoms with Crippen molar-refractivity contribution in [1.29, 1.82) is 0 Å². The number of amides is 2. The minimum Gasteiger partial charge on any atom is -0.497 e. The number of nitrogens with zero attached hydrogens (tertiary/aromatic N) is 1. The van der Waals surface area contributed by atoms with Crippen LogP contribution in [0.3, 0.4) is 0 Å². The Bertz CT molecular complexity index is 608. The molecule has 1 saturated heterocycles. The fraction of sp³-hybridized carbons (Fsp3) is 0.579. The van der Waals surface area contributed by atoms with Gasteiger partial charge in [0.2, 0.25) is 11.8 Å². The molecule has 1 atom stereocenters. The molecule has 0 spiro atoms. The van der Waals surface area contributed by atoms with Gasteiger partial charge in [-0.25, -0.2) is 0 Å². The van der Waals surface area contributed by atoms with E-state index in [1.807, 2.05) is 29.2 Å². The highest BCUT2D eigenvalue weighted by atomic mass is 16.5. The van der Waals surface area contributed by atoms with Crippen molar-refractivity contribution in [3.05, 3.63) is 29.8 Å². The number of hydrogen-bond donors (Lipinski definition) is 1. The third-order valence-electron chi connectivity index (χ3n) is 5.15.